The van der Waals surface area contributed by atoms with Crippen LogP contribution in [0.1, 0.15) is 67.4 Å². The molecule has 1 amide bonds. The van der Waals surface area contributed by atoms with Crippen LogP contribution in [0.2, 0.25) is 0 Å². The smallest absolute Gasteiger partial charge is 0.393 e. The Labute approximate surface area is 254 Å². The van der Waals surface area contributed by atoms with Crippen LogP contribution in [0.3, 0.4) is 0 Å². The van der Waals surface area contributed by atoms with Crippen LogP contribution in [0.4, 0.5) is 13.2 Å². The van der Waals surface area contributed by atoms with Crippen LogP contribution in [-0.2, 0) is 25.6 Å². The summed E-state index contributed by atoms with van der Waals surface area (Å²) in [4.78, 5) is 32.5. The summed E-state index contributed by atoms with van der Waals surface area (Å²) in [6, 6.07) is 21.4. The monoisotopic (exact) mass is 608 g/mol. The zero-order valence-corrected chi connectivity index (χ0v) is 25.0. The van der Waals surface area contributed by atoms with Gasteiger partial charge in [-0.1, -0.05) is 60.7 Å². The number of aliphatic hydroxyl groups is 1. The Hall–Kier alpha value is -3.82. The van der Waals surface area contributed by atoms with E-state index in [1.165, 1.54) is 17.4 Å². The van der Waals surface area contributed by atoms with Gasteiger partial charge in [0.25, 0.3) is 5.91 Å². The molecule has 0 saturated heterocycles. The predicted molar refractivity (Wildman–Crippen MR) is 162 cm³/mol. The number of aryl methyl sites for hydroxylation is 2. The van der Waals surface area contributed by atoms with Crippen LogP contribution in [0.15, 0.2) is 84.2 Å². The van der Waals surface area contributed by atoms with E-state index >= 15 is 0 Å². The number of thiazole rings is 1. The first-order valence-corrected chi connectivity index (χ1v) is 15.1. The highest BCUT2D eigenvalue weighted by Crippen LogP contribution is 2.30. The Kier molecular flexibility index (Phi) is 10.9. The van der Waals surface area contributed by atoms with E-state index in [1.54, 1.807) is 42.3 Å². The number of hydrogen-bond acceptors (Lipinski definition) is 5. The number of aromatic nitrogens is 1. The second-order valence-corrected chi connectivity index (χ2v) is 11.8. The van der Waals surface area contributed by atoms with Gasteiger partial charge in [-0.3, -0.25) is 9.59 Å². The number of aliphatic hydroxyl groups excluding tert-OH is 1. The van der Waals surface area contributed by atoms with Gasteiger partial charge in [-0.05, 0) is 67.9 Å². The number of ketones is 1. The van der Waals surface area contributed by atoms with E-state index in [2.05, 4.69) is 4.98 Å². The van der Waals surface area contributed by atoms with Crippen LogP contribution >= 0.6 is 11.3 Å². The van der Waals surface area contributed by atoms with E-state index in [9.17, 15) is 27.9 Å². The summed E-state index contributed by atoms with van der Waals surface area (Å²) >= 11 is 1.49. The van der Waals surface area contributed by atoms with Gasteiger partial charge in [0.15, 0.2) is 5.78 Å². The predicted octanol–water partition coefficient (Wildman–Crippen LogP) is 7.56. The normalized spacial score (nSPS) is 13.0. The largest absolute Gasteiger partial charge is 0.416 e. The molecule has 0 bridgehead atoms. The fraction of sp³-hybridized carbons (Fsp3) is 0.324. The van der Waals surface area contributed by atoms with Gasteiger partial charge in [-0.2, -0.15) is 13.2 Å². The maximum Gasteiger partial charge on any atom is 0.416 e. The number of benzene rings is 3. The highest BCUT2D eigenvalue weighted by molar-refractivity contribution is 7.09. The Morgan fingerprint density at radius 1 is 0.953 bits per heavy atom. The van der Waals surface area contributed by atoms with Gasteiger partial charge in [0.1, 0.15) is 5.01 Å². The van der Waals surface area contributed by atoms with E-state index < -0.39 is 23.8 Å². The highest BCUT2D eigenvalue weighted by atomic mass is 32.1. The number of nitrogens with zero attached hydrogens (tertiary/aromatic N) is 2. The van der Waals surface area contributed by atoms with E-state index in [1.807, 2.05) is 42.6 Å². The van der Waals surface area contributed by atoms with Gasteiger partial charge in [0.05, 0.1) is 18.2 Å². The lowest BCUT2D eigenvalue weighted by atomic mass is 9.85. The van der Waals surface area contributed by atoms with Crippen LogP contribution in [0.25, 0.3) is 0 Å². The molecule has 0 spiro atoms. The standard InChI is InChI=1S/C34H35F3N2O3S/c1-23-22-43-32(38-23)21-39(2)33(42)27-14-8-13-26(19-27)31(41)20-28(17-24-9-4-3-5-10-24)30(40)16-7-12-25-11-6-15-29(18-25)34(35,36)37/h3-6,8-11,13-15,18-19,22,28,30,40H,7,12,16-17,20-21H2,1-2H3/t28-,30-/m1/s1. The Balaban J connectivity index is 1.42. The van der Waals surface area contributed by atoms with Crippen molar-refractivity contribution in [1.82, 2.24) is 9.88 Å². The van der Waals surface area contributed by atoms with Crippen molar-refractivity contribution in [3.8, 4) is 0 Å². The highest BCUT2D eigenvalue weighted by Gasteiger charge is 2.30. The summed E-state index contributed by atoms with van der Waals surface area (Å²) in [5.41, 5.74) is 2.51. The third-order valence-electron chi connectivity index (χ3n) is 7.37. The molecular formula is C34H35F3N2O3S. The van der Waals surface area contributed by atoms with Crippen molar-refractivity contribution < 1.29 is 27.9 Å². The van der Waals surface area contributed by atoms with Crippen molar-refractivity contribution in [2.24, 2.45) is 5.92 Å². The number of Topliss-reactive ketones (excluding diaryl/α,β-unsaturated/α-hetero) is 1. The molecule has 0 fully saturated rings. The van der Waals surface area contributed by atoms with Gasteiger partial charge in [-0.25, -0.2) is 4.98 Å². The minimum Gasteiger partial charge on any atom is -0.393 e. The van der Waals surface area contributed by atoms with Crippen molar-refractivity contribution in [2.75, 3.05) is 7.05 Å². The SMILES string of the molecule is Cc1csc(CN(C)C(=O)c2cccc(C(=O)C[C@@H](Cc3ccccc3)[C@H](O)CCCc3cccc(C(F)(F)F)c3)c2)n1. The van der Waals surface area contributed by atoms with Crippen LogP contribution in [-0.4, -0.2) is 39.8 Å². The molecule has 9 heteroatoms. The molecule has 0 aliphatic heterocycles. The maximum atomic E-state index is 13.5. The lowest BCUT2D eigenvalue weighted by molar-refractivity contribution is -0.137. The third-order valence-corrected chi connectivity index (χ3v) is 8.32. The molecule has 226 valence electrons. The summed E-state index contributed by atoms with van der Waals surface area (Å²) in [6.45, 7) is 2.26. The van der Waals surface area contributed by atoms with Crippen LogP contribution in [0.5, 0.6) is 0 Å². The number of carbonyl (C=O) groups is 2. The topological polar surface area (TPSA) is 70.5 Å². The van der Waals surface area contributed by atoms with Crippen molar-refractivity contribution in [1.29, 1.82) is 0 Å². The molecule has 0 aliphatic rings. The fourth-order valence-corrected chi connectivity index (χ4v) is 5.89. The first-order chi connectivity index (χ1) is 20.5. The van der Waals surface area contributed by atoms with Crippen molar-refractivity contribution >= 4 is 23.0 Å². The summed E-state index contributed by atoms with van der Waals surface area (Å²) in [5, 5.41) is 13.9. The minimum atomic E-state index is -4.41. The van der Waals surface area contributed by atoms with Crippen molar-refractivity contribution in [2.45, 2.75) is 57.9 Å². The summed E-state index contributed by atoms with van der Waals surface area (Å²) < 4.78 is 39.3. The van der Waals surface area contributed by atoms with E-state index in [4.69, 9.17) is 0 Å². The molecule has 0 aliphatic carbocycles. The van der Waals surface area contributed by atoms with Crippen molar-refractivity contribution in [3.63, 3.8) is 0 Å². The number of rotatable bonds is 13. The summed E-state index contributed by atoms with van der Waals surface area (Å²) in [6.07, 6.45) is -3.54. The zero-order chi connectivity index (χ0) is 31.0. The number of carbonyl (C=O) groups excluding carboxylic acids is 2. The molecular weight excluding hydrogens is 573 g/mol. The molecule has 0 unspecified atom stereocenters. The number of hydrogen-bond donors (Lipinski definition) is 1. The fourth-order valence-electron chi connectivity index (χ4n) is 5.07. The average Bonchev–Trinajstić information content (AvgIpc) is 3.40. The molecule has 3 aromatic carbocycles. The molecule has 4 rings (SSSR count). The van der Waals surface area contributed by atoms with Gasteiger partial charge in [0, 0.05) is 35.7 Å². The minimum absolute atomic E-state index is 0.0610. The first-order valence-electron chi connectivity index (χ1n) is 14.2. The zero-order valence-electron chi connectivity index (χ0n) is 24.2. The Bertz CT molecular complexity index is 1520. The second-order valence-electron chi connectivity index (χ2n) is 10.9. The van der Waals surface area contributed by atoms with Gasteiger partial charge >= 0.3 is 6.18 Å². The third kappa shape index (κ3) is 9.33. The molecule has 0 saturated carbocycles. The van der Waals surface area contributed by atoms with Gasteiger partial charge in [0.2, 0.25) is 0 Å². The molecule has 2 atom stereocenters. The van der Waals surface area contributed by atoms with E-state index in [-0.39, 0.29) is 18.1 Å². The number of alkyl halides is 3. The first kappa shape index (κ1) is 32.1. The number of amides is 1. The molecule has 43 heavy (non-hydrogen) atoms. The van der Waals surface area contributed by atoms with E-state index in [0.29, 0.717) is 48.9 Å². The second kappa shape index (κ2) is 14.6. The molecule has 1 heterocycles. The lowest BCUT2D eigenvalue weighted by Crippen LogP contribution is -2.27. The van der Waals surface area contributed by atoms with Crippen molar-refractivity contribution in [3.05, 3.63) is 123 Å². The molecule has 1 aromatic heterocycles. The van der Waals surface area contributed by atoms with Crippen LogP contribution < -0.4 is 0 Å². The molecule has 4 aromatic rings. The number of halogens is 3. The van der Waals surface area contributed by atoms with Crippen LogP contribution in [0, 0.1) is 12.8 Å². The lowest BCUT2D eigenvalue weighted by Gasteiger charge is -2.23. The molecule has 5 nitrogen and oxygen atoms in total. The molecule has 1 N–H and O–H groups in total. The Morgan fingerprint density at radius 2 is 1.65 bits per heavy atom. The van der Waals surface area contributed by atoms with E-state index in [0.717, 1.165) is 28.4 Å². The molecule has 0 radical (unpaired) electrons. The maximum absolute atomic E-state index is 13.5. The van der Waals surface area contributed by atoms with Gasteiger partial charge < -0.3 is 10.0 Å². The Morgan fingerprint density at radius 3 is 2.35 bits per heavy atom. The summed E-state index contributed by atoms with van der Waals surface area (Å²) in [7, 11) is 1.69. The average molecular weight is 609 g/mol. The quantitative estimate of drug-likeness (QED) is 0.159. The summed E-state index contributed by atoms with van der Waals surface area (Å²) in [5.74, 6) is -0.824. The van der Waals surface area contributed by atoms with Gasteiger partial charge in [-0.15, -0.1) is 11.3 Å².